The lowest BCUT2D eigenvalue weighted by Crippen LogP contribution is -2.43. The fourth-order valence-electron chi connectivity index (χ4n) is 1.84. The average molecular weight is 328 g/mol. The summed E-state index contributed by atoms with van der Waals surface area (Å²) in [6, 6.07) is 5.38. The van der Waals surface area contributed by atoms with Crippen molar-refractivity contribution in [2.45, 2.75) is 40.2 Å². The van der Waals surface area contributed by atoms with E-state index in [9.17, 15) is 8.78 Å². The number of hydrogen-bond acceptors (Lipinski definition) is 3. The van der Waals surface area contributed by atoms with Crippen molar-refractivity contribution in [1.29, 1.82) is 0 Å². The number of aliphatic imine (C=N–C) groups is 1. The van der Waals surface area contributed by atoms with Crippen molar-refractivity contribution >= 4 is 5.96 Å². The number of alkyl halides is 2. The van der Waals surface area contributed by atoms with Crippen LogP contribution in [0.2, 0.25) is 0 Å². The molecular weight excluding hydrogens is 302 g/mol. The number of guanidine groups is 1. The van der Waals surface area contributed by atoms with Crippen LogP contribution in [-0.2, 0) is 0 Å². The number of aryl methyl sites for hydroxylation is 1. The Bertz CT molecular complexity index is 521. The van der Waals surface area contributed by atoms with Crippen LogP contribution in [0.5, 0.6) is 5.75 Å². The number of rotatable bonds is 8. The number of halogens is 2. The van der Waals surface area contributed by atoms with E-state index in [4.69, 9.17) is 10.5 Å². The molecule has 0 aliphatic heterocycles. The highest BCUT2D eigenvalue weighted by atomic mass is 19.3. The van der Waals surface area contributed by atoms with E-state index in [1.165, 1.54) is 0 Å². The lowest BCUT2D eigenvalue weighted by atomic mass is 10.1. The maximum absolute atomic E-state index is 12.2. The Hall–Kier alpha value is -1.89. The quantitative estimate of drug-likeness (QED) is 0.390. The van der Waals surface area contributed by atoms with Gasteiger partial charge in [0.2, 0.25) is 5.96 Å². The number of nitrogens with zero attached hydrogens (tertiary/aromatic N) is 1. The van der Waals surface area contributed by atoms with Crippen molar-refractivity contribution in [1.82, 2.24) is 10.9 Å². The van der Waals surface area contributed by atoms with Gasteiger partial charge in [0.05, 0.1) is 0 Å². The fraction of sp³-hybridized carbons (Fsp3) is 0.562. The third kappa shape index (κ3) is 7.27. The van der Waals surface area contributed by atoms with Crippen LogP contribution in [0.15, 0.2) is 23.2 Å². The Kier molecular flexibility index (Phi) is 7.74. The van der Waals surface area contributed by atoms with Gasteiger partial charge in [0.15, 0.2) is 0 Å². The summed E-state index contributed by atoms with van der Waals surface area (Å²) < 4.78 is 29.4. The van der Waals surface area contributed by atoms with Crippen LogP contribution in [0.4, 0.5) is 8.78 Å². The first-order chi connectivity index (χ1) is 10.8. The maximum Gasteiger partial charge on any atom is 0.272 e. The minimum absolute atomic E-state index is 0.0364. The van der Waals surface area contributed by atoms with E-state index in [1.54, 1.807) is 6.07 Å². The Morgan fingerprint density at radius 2 is 2.00 bits per heavy atom. The van der Waals surface area contributed by atoms with Gasteiger partial charge in [-0.1, -0.05) is 26.0 Å². The van der Waals surface area contributed by atoms with Gasteiger partial charge in [-0.2, -0.15) is 0 Å². The van der Waals surface area contributed by atoms with Crippen LogP contribution in [0.25, 0.3) is 0 Å². The van der Waals surface area contributed by atoms with Crippen LogP contribution in [0.1, 0.15) is 37.9 Å². The normalized spacial score (nSPS) is 13.5. The second kappa shape index (κ2) is 9.29. The van der Waals surface area contributed by atoms with E-state index in [-0.39, 0.29) is 6.04 Å². The highest BCUT2D eigenvalue weighted by Gasteiger charge is 2.10. The van der Waals surface area contributed by atoms with Crippen molar-refractivity contribution in [3.63, 3.8) is 0 Å². The van der Waals surface area contributed by atoms with Gasteiger partial charge in [0, 0.05) is 12.6 Å². The van der Waals surface area contributed by atoms with Gasteiger partial charge in [-0.25, -0.2) is 14.2 Å². The molecule has 1 rings (SSSR count). The van der Waals surface area contributed by atoms with Gasteiger partial charge >= 0.3 is 0 Å². The van der Waals surface area contributed by atoms with Crippen LogP contribution in [-0.4, -0.2) is 25.5 Å². The molecule has 7 heteroatoms. The molecule has 1 aromatic carbocycles. The molecule has 0 aliphatic rings. The third-order valence-electron chi connectivity index (χ3n) is 3.11. The Labute approximate surface area is 136 Å². The Balaban J connectivity index is 2.58. The molecule has 0 radical (unpaired) electrons. The number of nitrogens with one attached hydrogen (secondary N) is 2. The van der Waals surface area contributed by atoms with E-state index >= 15 is 0 Å². The minimum atomic E-state index is -2.48. The van der Waals surface area contributed by atoms with Gasteiger partial charge < -0.3 is 10.5 Å². The van der Waals surface area contributed by atoms with Gasteiger partial charge in [0.1, 0.15) is 12.4 Å². The van der Waals surface area contributed by atoms with Crippen molar-refractivity contribution in [3.8, 4) is 5.75 Å². The zero-order valence-corrected chi connectivity index (χ0v) is 14.1. The minimum Gasteiger partial charge on any atom is -0.487 e. The number of hydrazine groups is 1. The topological polar surface area (TPSA) is 71.7 Å². The SMILES string of the molecule is Cc1cc(C(C)NNC(N)=NCC(C)C)ccc1OCC(F)F. The predicted molar refractivity (Wildman–Crippen MR) is 88.7 cm³/mol. The fourth-order valence-corrected chi connectivity index (χ4v) is 1.84. The summed E-state index contributed by atoms with van der Waals surface area (Å²) in [5.41, 5.74) is 13.5. The number of nitrogens with two attached hydrogens (primary N) is 1. The van der Waals surface area contributed by atoms with Gasteiger partial charge in [-0.05, 0) is 37.0 Å². The summed E-state index contributed by atoms with van der Waals surface area (Å²) in [7, 11) is 0. The van der Waals surface area contributed by atoms with Crippen molar-refractivity contribution in [2.75, 3.05) is 13.2 Å². The van der Waals surface area contributed by atoms with Crippen LogP contribution in [0, 0.1) is 12.8 Å². The molecule has 0 amide bonds. The molecule has 1 unspecified atom stereocenters. The average Bonchev–Trinajstić information content (AvgIpc) is 2.49. The van der Waals surface area contributed by atoms with E-state index in [1.807, 2.05) is 26.0 Å². The largest absolute Gasteiger partial charge is 0.487 e. The highest BCUT2D eigenvalue weighted by molar-refractivity contribution is 5.77. The zero-order valence-electron chi connectivity index (χ0n) is 14.1. The standard InChI is InChI=1S/C16H26F2N4O/c1-10(2)8-20-16(19)22-21-12(4)13-5-6-14(11(3)7-13)23-9-15(17)18/h5-7,10,12,15,21H,8-9H2,1-4H3,(H3,19,20,22). The molecule has 0 spiro atoms. The van der Waals surface area contributed by atoms with E-state index < -0.39 is 13.0 Å². The second-order valence-corrected chi connectivity index (χ2v) is 5.84. The second-order valence-electron chi connectivity index (χ2n) is 5.84. The Morgan fingerprint density at radius 1 is 1.30 bits per heavy atom. The molecule has 0 saturated carbocycles. The molecule has 0 heterocycles. The summed E-state index contributed by atoms with van der Waals surface area (Å²) in [4.78, 5) is 4.19. The smallest absolute Gasteiger partial charge is 0.272 e. The third-order valence-corrected chi connectivity index (χ3v) is 3.11. The molecule has 1 aromatic rings. The lowest BCUT2D eigenvalue weighted by Gasteiger charge is -2.17. The number of ether oxygens (including phenoxy) is 1. The van der Waals surface area contributed by atoms with Crippen molar-refractivity contribution in [3.05, 3.63) is 29.3 Å². The molecular formula is C16H26F2N4O. The molecule has 5 nitrogen and oxygen atoms in total. The van der Waals surface area contributed by atoms with Crippen LogP contribution >= 0.6 is 0 Å². The molecule has 1 atom stereocenters. The van der Waals surface area contributed by atoms with Crippen LogP contribution in [0.3, 0.4) is 0 Å². The number of benzene rings is 1. The Morgan fingerprint density at radius 3 is 2.57 bits per heavy atom. The van der Waals surface area contributed by atoms with Crippen molar-refractivity contribution < 1.29 is 13.5 Å². The van der Waals surface area contributed by atoms with Crippen LogP contribution < -0.4 is 21.3 Å². The predicted octanol–water partition coefficient (Wildman–Crippen LogP) is 2.76. The molecule has 0 fully saturated rings. The number of hydrogen-bond donors (Lipinski definition) is 3. The van der Waals surface area contributed by atoms with Gasteiger partial charge in [-0.15, -0.1) is 0 Å². The first-order valence-electron chi connectivity index (χ1n) is 7.62. The first kappa shape index (κ1) is 19.2. The molecule has 130 valence electrons. The molecule has 23 heavy (non-hydrogen) atoms. The van der Waals surface area contributed by atoms with Crippen molar-refractivity contribution in [2.24, 2.45) is 16.6 Å². The first-order valence-corrected chi connectivity index (χ1v) is 7.62. The summed E-state index contributed by atoms with van der Waals surface area (Å²) in [5.74, 6) is 1.24. The molecule has 4 N–H and O–H groups in total. The maximum atomic E-state index is 12.2. The summed E-state index contributed by atoms with van der Waals surface area (Å²) >= 11 is 0. The molecule has 0 saturated heterocycles. The van der Waals surface area contributed by atoms with E-state index in [2.05, 4.69) is 29.7 Å². The van der Waals surface area contributed by atoms with Gasteiger partial charge in [0.25, 0.3) is 6.43 Å². The summed E-state index contributed by atoms with van der Waals surface area (Å²) in [6.45, 7) is 7.96. The molecule has 0 bridgehead atoms. The zero-order chi connectivity index (χ0) is 17.4. The highest BCUT2D eigenvalue weighted by Crippen LogP contribution is 2.22. The lowest BCUT2D eigenvalue weighted by molar-refractivity contribution is 0.0815. The van der Waals surface area contributed by atoms with E-state index in [0.29, 0.717) is 24.2 Å². The molecule has 0 aliphatic carbocycles. The monoisotopic (exact) mass is 328 g/mol. The van der Waals surface area contributed by atoms with E-state index in [0.717, 1.165) is 11.1 Å². The summed E-state index contributed by atoms with van der Waals surface area (Å²) in [5, 5.41) is 0. The summed E-state index contributed by atoms with van der Waals surface area (Å²) in [6.07, 6.45) is -2.48. The van der Waals surface area contributed by atoms with Gasteiger partial charge in [-0.3, -0.25) is 10.4 Å². The molecule has 0 aromatic heterocycles.